The summed E-state index contributed by atoms with van der Waals surface area (Å²) in [4.78, 5) is 22.7. The Labute approximate surface area is 107 Å². The first-order chi connectivity index (χ1) is 8.56. The summed E-state index contributed by atoms with van der Waals surface area (Å²) in [7, 11) is 3.14. The molecule has 0 bridgehead atoms. The molecule has 5 nitrogen and oxygen atoms in total. The average Bonchev–Trinajstić information content (AvgIpc) is 2.37. The monoisotopic (exact) mass is 250 g/mol. The number of carbonyl (C=O) groups is 2. The van der Waals surface area contributed by atoms with Gasteiger partial charge in [0.05, 0.1) is 7.11 Å². The summed E-state index contributed by atoms with van der Waals surface area (Å²) in [5.74, 6) is 0.327. The summed E-state index contributed by atoms with van der Waals surface area (Å²) in [6.45, 7) is 1.39. The molecule has 0 saturated carbocycles. The van der Waals surface area contributed by atoms with Crippen molar-refractivity contribution in [3.05, 3.63) is 29.8 Å². The molecule has 0 aliphatic heterocycles. The summed E-state index contributed by atoms with van der Waals surface area (Å²) in [6.07, 6.45) is 0.448. The van der Waals surface area contributed by atoms with Gasteiger partial charge < -0.3 is 15.4 Å². The van der Waals surface area contributed by atoms with Crippen molar-refractivity contribution in [1.29, 1.82) is 0 Å². The quantitative estimate of drug-likeness (QED) is 0.799. The third kappa shape index (κ3) is 4.08. The summed E-state index contributed by atoms with van der Waals surface area (Å²) < 4.78 is 5.06. The maximum atomic E-state index is 11.6. The minimum atomic E-state index is -0.555. The Balaban J connectivity index is 2.75. The van der Waals surface area contributed by atoms with E-state index in [1.807, 2.05) is 24.3 Å². The molecule has 0 heterocycles. The van der Waals surface area contributed by atoms with Crippen LogP contribution in [0.5, 0.6) is 5.75 Å². The number of carbonyl (C=O) groups excluding carboxylic acids is 2. The molecule has 2 amide bonds. The van der Waals surface area contributed by atoms with Crippen LogP contribution in [0.4, 0.5) is 0 Å². The Morgan fingerprint density at radius 2 is 1.89 bits per heavy atom. The van der Waals surface area contributed by atoms with Crippen LogP contribution in [-0.2, 0) is 16.0 Å². The van der Waals surface area contributed by atoms with Gasteiger partial charge >= 0.3 is 0 Å². The van der Waals surface area contributed by atoms with E-state index in [9.17, 15) is 9.59 Å². The summed E-state index contributed by atoms with van der Waals surface area (Å²) in [5, 5.41) is 5.16. The van der Waals surface area contributed by atoms with Gasteiger partial charge in [0.2, 0.25) is 11.8 Å². The zero-order valence-corrected chi connectivity index (χ0v) is 10.8. The zero-order valence-electron chi connectivity index (χ0n) is 10.8. The number of methoxy groups -OCH3 is 1. The van der Waals surface area contributed by atoms with E-state index in [0.29, 0.717) is 6.42 Å². The van der Waals surface area contributed by atoms with E-state index in [1.54, 1.807) is 14.2 Å². The van der Waals surface area contributed by atoms with Gasteiger partial charge in [-0.2, -0.15) is 0 Å². The van der Waals surface area contributed by atoms with E-state index in [1.165, 1.54) is 6.92 Å². The lowest BCUT2D eigenvalue weighted by atomic mass is 10.1. The molecule has 5 heteroatoms. The number of benzene rings is 1. The maximum Gasteiger partial charge on any atom is 0.242 e. The number of ether oxygens (including phenoxy) is 1. The van der Waals surface area contributed by atoms with Gasteiger partial charge in [-0.1, -0.05) is 12.1 Å². The van der Waals surface area contributed by atoms with Crippen molar-refractivity contribution in [3.63, 3.8) is 0 Å². The molecular formula is C13H18N2O3. The van der Waals surface area contributed by atoms with E-state index in [4.69, 9.17) is 4.74 Å². The van der Waals surface area contributed by atoms with Crippen LogP contribution in [0.1, 0.15) is 12.5 Å². The molecule has 0 aliphatic rings. The topological polar surface area (TPSA) is 67.4 Å². The van der Waals surface area contributed by atoms with E-state index in [0.717, 1.165) is 11.3 Å². The lowest BCUT2D eigenvalue weighted by Crippen LogP contribution is -2.46. The highest BCUT2D eigenvalue weighted by Gasteiger charge is 2.18. The third-order valence-corrected chi connectivity index (χ3v) is 2.54. The van der Waals surface area contributed by atoms with Gasteiger partial charge in [0, 0.05) is 20.4 Å². The van der Waals surface area contributed by atoms with Crippen molar-refractivity contribution < 1.29 is 14.3 Å². The summed E-state index contributed by atoms with van der Waals surface area (Å²) in [6, 6.07) is 6.84. The fourth-order valence-corrected chi connectivity index (χ4v) is 1.63. The van der Waals surface area contributed by atoms with Crippen molar-refractivity contribution in [1.82, 2.24) is 10.6 Å². The zero-order chi connectivity index (χ0) is 13.5. The minimum Gasteiger partial charge on any atom is -0.497 e. The molecule has 0 spiro atoms. The van der Waals surface area contributed by atoms with Gasteiger partial charge in [-0.15, -0.1) is 0 Å². The highest BCUT2D eigenvalue weighted by molar-refractivity contribution is 5.86. The number of nitrogens with one attached hydrogen (secondary N) is 2. The molecule has 1 atom stereocenters. The van der Waals surface area contributed by atoms with Gasteiger partial charge in [-0.3, -0.25) is 9.59 Å². The van der Waals surface area contributed by atoms with E-state index >= 15 is 0 Å². The number of hydrogen-bond acceptors (Lipinski definition) is 3. The van der Waals surface area contributed by atoms with Crippen molar-refractivity contribution in [2.24, 2.45) is 0 Å². The van der Waals surface area contributed by atoms with Crippen LogP contribution in [0.2, 0.25) is 0 Å². The largest absolute Gasteiger partial charge is 0.497 e. The van der Waals surface area contributed by atoms with Crippen LogP contribution in [-0.4, -0.2) is 32.0 Å². The van der Waals surface area contributed by atoms with E-state index in [2.05, 4.69) is 10.6 Å². The number of rotatable bonds is 5. The van der Waals surface area contributed by atoms with Crippen LogP contribution < -0.4 is 15.4 Å². The Morgan fingerprint density at radius 3 is 2.33 bits per heavy atom. The van der Waals surface area contributed by atoms with E-state index in [-0.39, 0.29) is 11.8 Å². The predicted molar refractivity (Wildman–Crippen MR) is 68.4 cm³/mol. The van der Waals surface area contributed by atoms with Gasteiger partial charge in [-0.05, 0) is 17.7 Å². The number of hydrogen-bond donors (Lipinski definition) is 2. The van der Waals surface area contributed by atoms with Gasteiger partial charge in [0.15, 0.2) is 0 Å². The molecule has 0 aliphatic carbocycles. The van der Waals surface area contributed by atoms with Crippen LogP contribution in [0.3, 0.4) is 0 Å². The minimum absolute atomic E-state index is 0.207. The molecule has 1 aromatic rings. The Bertz CT molecular complexity index is 415. The van der Waals surface area contributed by atoms with Crippen molar-refractivity contribution in [2.75, 3.05) is 14.2 Å². The normalized spacial score (nSPS) is 11.5. The Kier molecular flexibility index (Phi) is 5.17. The molecule has 2 N–H and O–H groups in total. The smallest absolute Gasteiger partial charge is 0.242 e. The van der Waals surface area contributed by atoms with E-state index < -0.39 is 6.04 Å². The highest BCUT2D eigenvalue weighted by Crippen LogP contribution is 2.12. The Morgan fingerprint density at radius 1 is 1.28 bits per heavy atom. The second-order valence-corrected chi connectivity index (χ2v) is 3.92. The summed E-state index contributed by atoms with van der Waals surface area (Å²) >= 11 is 0. The molecule has 0 radical (unpaired) electrons. The molecule has 0 saturated heterocycles. The molecule has 0 aromatic heterocycles. The molecule has 18 heavy (non-hydrogen) atoms. The predicted octanol–water partition coefficient (Wildman–Crippen LogP) is 0.488. The Hall–Kier alpha value is -2.04. The van der Waals surface area contributed by atoms with Crippen molar-refractivity contribution in [3.8, 4) is 5.75 Å². The number of likely N-dealkylation sites (N-methyl/N-ethyl adjacent to an activating group) is 1. The maximum absolute atomic E-state index is 11.6. The van der Waals surface area contributed by atoms with Crippen molar-refractivity contribution >= 4 is 11.8 Å². The lowest BCUT2D eigenvalue weighted by molar-refractivity contribution is -0.127. The molecule has 0 fully saturated rings. The van der Waals surface area contributed by atoms with Crippen LogP contribution in [0, 0.1) is 0 Å². The lowest BCUT2D eigenvalue weighted by Gasteiger charge is -2.16. The SMILES string of the molecule is CNC(=O)[C@@H](Cc1ccc(OC)cc1)NC(C)=O. The second kappa shape index (κ2) is 6.64. The average molecular weight is 250 g/mol. The van der Waals surface area contributed by atoms with Crippen molar-refractivity contribution in [2.45, 2.75) is 19.4 Å². The van der Waals surface area contributed by atoms with Gasteiger partial charge in [0.25, 0.3) is 0 Å². The second-order valence-electron chi connectivity index (χ2n) is 3.92. The number of amides is 2. The highest BCUT2D eigenvalue weighted by atomic mass is 16.5. The standard InChI is InChI=1S/C13H18N2O3/c1-9(16)15-12(13(17)14-2)8-10-4-6-11(18-3)7-5-10/h4-7,12H,8H2,1-3H3,(H,14,17)(H,15,16)/t12-/m1/s1. The molecule has 0 unspecified atom stereocenters. The van der Waals surface area contributed by atoms with Crippen LogP contribution in [0.25, 0.3) is 0 Å². The fourth-order valence-electron chi connectivity index (χ4n) is 1.63. The molecular weight excluding hydrogens is 232 g/mol. The van der Waals surface area contributed by atoms with Gasteiger partial charge in [-0.25, -0.2) is 0 Å². The summed E-state index contributed by atoms with van der Waals surface area (Å²) in [5.41, 5.74) is 0.957. The molecule has 1 rings (SSSR count). The first-order valence-electron chi connectivity index (χ1n) is 5.68. The first-order valence-corrected chi connectivity index (χ1v) is 5.68. The third-order valence-electron chi connectivity index (χ3n) is 2.54. The first kappa shape index (κ1) is 14.0. The van der Waals surface area contributed by atoms with Gasteiger partial charge in [0.1, 0.15) is 11.8 Å². The fraction of sp³-hybridized carbons (Fsp3) is 0.385. The molecule has 1 aromatic carbocycles. The van der Waals surface area contributed by atoms with Crippen LogP contribution in [0.15, 0.2) is 24.3 Å². The van der Waals surface area contributed by atoms with Crippen LogP contribution >= 0.6 is 0 Å². The molecule has 98 valence electrons.